The fourth-order valence-corrected chi connectivity index (χ4v) is 4.25. The molecular weight excluding hydrogens is 454 g/mol. The van der Waals surface area contributed by atoms with Crippen molar-refractivity contribution in [1.29, 1.82) is 0 Å². The molecule has 3 aromatic rings. The minimum absolute atomic E-state index is 0.0305. The lowest BCUT2D eigenvalue weighted by molar-refractivity contribution is -0.118. The summed E-state index contributed by atoms with van der Waals surface area (Å²) in [4.78, 5) is 18.8. The highest BCUT2D eigenvalue weighted by Gasteiger charge is 2.32. The zero-order chi connectivity index (χ0) is 21.8. The zero-order valence-corrected chi connectivity index (χ0v) is 19.1. The van der Waals surface area contributed by atoms with Crippen LogP contribution in [-0.2, 0) is 4.79 Å². The van der Waals surface area contributed by atoms with E-state index >= 15 is 0 Å². The maximum Gasteiger partial charge on any atom is 0.216 e. The van der Waals surface area contributed by atoms with E-state index in [1.165, 1.54) is 12.5 Å². The molecule has 1 aliphatic rings. The van der Waals surface area contributed by atoms with Crippen LogP contribution in [-0.4, -0.2) is 36.8 Å². The highest BCUT2D eigenvalue weighted by molar-refractivity contribution is 9.10. The minimum Gasteiger partial charge on any atom is -0.497 e. The fraction of sp³-hybridized carbons (Fsp3) is 0.200. The number of carbonyl (C=O) groups excluding carboxylic acids is 1. The third-order valence-corrected chi connectivity index (χ3v) is 5.78. The maximum atomic E-state index is 11.5. The van der Waals surface area contributed by atoms with Crippen LogP contribution in [0.25, 0.3) is 0 Å². The van der Waals surface area contributed by atoms with E-state index in [1.54, 1.807) is 7.11 Å². The van der Waals surface area contributed by atoms with Crippen molar-refractivity contribution in [1.82, 2.24) is 10.2 Å². The number of nitrogens with one attached hydrogen (secondary N) is 1. The molecule has 1 N–H and O–H groups in total. The molecule has 1 atom stereocenters. The molecule has 3 aromatic carbocycles. The Labute approximate surface area is 190 Å². The number of hydrogen-bond acceptors (Lipinski definition) is 4. The van der Waals surface area contributed by atoms with Crippen molar-refractivity contribution in [3.8, 4) is 5.75 Å². The Morgan fingerprint density at radius 1 is 1.10 bits per heavy atom. The molecule has 1 aliphatic heterocycles. The highest BCUT2D eigenvalue weighted by atomic mass is 79.9. The molecule has 1 heterocycles. The number of carbonyl (C=O) groups is 1. The van der Waals surface area contributed by atoms with Crippen LogP contribution in [0, 0.1) is 0 Å². The Bertz CT molecular complexity index is 1100. The summed E-state index contributed by atoms with van der Waals surface area (Å²) in [6.07, 6.45) is 0. The van der Waals surface area contributed by atoms with Crippen molar-refractivity contribution in [2.24, 2.45) is 4.99 Å². The molecule has 1 amide bonds. The first-order valence-electron chi connectivity index (χ1n) is 10.2. The molecule has 1 unspecified atom stereocenters. The van der Waals surface area contributed by atoms with E-state index in [2.05, 4.69) is 56.5 Å². The lowest BCUT2D eigenvalue weighted by Crippen LogP contribution is -2.42. The van der Waals surface area contributed by atoms with Gasteiger partial charge in [0.15, 0.2) is 0 Å². The smallest absolute Gasteiger partial charge is 0.216 e. The molecule has 5 nitrogen and oxygen atoms in total. The summed E-state index contributed by atoms with van der Waals surface area (Å²) in [7, 11) is 1.66. The van der Waals surface area contributed by atoms with Crippen LogP contribution in [0.15, 0.2) is 82.3 Å². The van der Waals surface area contributed by atoms with Crippen LogP contribution in [0.4, 0.5) is 5.69 Å². The Morgan fingerprint density at radius 2 is 1.84 bits per heavy atom. The van der Waals surface area contributed by atoms with Crippen LogP contribution in [0.2, 0.25) is 0 Å². The van der Waals surface area contributed by atoms with E-state index in [0.29, 0.717) is 13.1 Å². The topological polar surface area (TPSA) is 53.9 Å². The fourth-order valence-electron chi connectivity index (χ4n) is 3.87. The van der Waals surface area contributed by atoms with Gasteiger partial charge in [0.1, 0.15) is 11.6 Å². The van der Waals surface area contributed by atoms with Gasteiger partial charge in [-0.3, -0.25) is 4.79 Å². The minimum atomic E-state index is -0.0423. The summed E-state index contributed by atoms with van der Waals surface area (Å²) < 4.78 is 6.34. The van der Waals surface area contributed by atoms with Gasteiger partial charge in [-0.05, 0) is 48.0 Å². The Balaban J connectivity index is 1.85. The number of amidine groups is 1. The number of amides is 1. The van der Waals surface area contributed by atoms with E-state index < -0.39 is 0 Å². The summed E-state index contributed by atoms with van der Waals surface area (Å²) in [5, 5.41) is 2.93. The van der Waals surface area contributed by atoms with Gasteiger partial charge in [-0.25, -0.2) is 4.99 Å². The molecule has 31 heavy (non-hydrogen) atoms. The third-order valence-electron chi connectivity index (χ3n) is 5.28. The van der Waals surface area contributed by atoms with Gasteiger partial charge in [0, 0.05) is 35.6 Å². The van der Waals surface area contributed by atoms with Gasteiger partial charge in [-0.15, -0.1) is 0 Å². The summed E-state index contributed by atoms with van der Waals surface area (Å²) in [6, 6.07) is 24.5. The molecule has 0 spiro atoms. The van der Waals surface area contributed by atoms with Crippen molar-refractivity contribution in [2.45, 2.75) is 13.0 Å². The van der Waals surface area contributed by atoms with Gasteiger partial charge in [-0.2, -0.15) is 0 Å². The van der Waals surface area contributed by atoms with E-state index in [1.807, 2.05) is 42.5 Å². The van der Waals surface area contributed by atoms with E-state index in [0.717, 1.165) is 32.9 Å². The first-order valence-corrected chi connectivity index (χ1v) is 10.9. The largest absolute Gasteiger partial charge is 0.497 e. The highest BCUT2D eigenvalue weighted by Crippen LogP contribution is 2.41. The second-order valence-corrected chi connectivity index (χ2v) is 8.27. The first kappa shape index (κ1) is 21.1. The summed E-state index contributed by atoms with van der Waals surface area (Å²) >= 11 is 3.62. The second-order valence-electron chi connectivity index (χ2n) is 7.36. The number of nitrogens with zero attached hydrogens (tertiary/aromatic N) is 2. The van der Waals surface area contributed by atoms with Gasteiger partial charge in [-0.1, -0.05) is 46.3 Å². The Morgan fingerprint density at radius 3 is 2.52 bits per heavy atom. The Hall–Kier alpha value is -3.12. The number of fused-ring (bicyclic) bond motifs is 1. The van der Waals surface area contributed by atoms with Crippen molar-refractivity contribution in [3.63, 3.8) is 0 Å². The quantitative estimate of drug-likeness (QED) is 0.538. The lowest BCUT2D eigenvalue weighted by atomic mass is 9.93. The van der Waals surface area contributed by atoms with Crippen LogP contribution >= 0.6 is 15.9 Å². The van der Waals surface area contributed by atoms with Gasteiger partial charge >= 0.3 is 0 Å². The molecule has 6 heteroatoms. The number of methoxy groups -OCH3 is 1. The molecule has 0 fully saturated rings. The maximum absolute atomic E-state index is 11.5. The molecular formula is C25H24BrN3O2. The summed E-state index contributed by atoms with van der Waals surface area (Å²) in [6.45, 7) is 2.68. The average Bonchev–Trinajstić information content (AvgIpc) is 2.79. The predicted molar refractivity (Wildman–Crippen MR) is 127 cm³/mol. The number of hydrogen-bond donors (Lipinski definition) is 1. The van der Waals surface area contributed by atoms with E-state index in [4.69, 9.17) is 9.73 Å². The monoisotopic (exact) mass is 477 g/mol. The number of aliphatic imine (C=N–C) groups is 1. The number of rotatable bonds is 6. The molecule has 158 valence electrons. The molecule has 0 saturated heterocycles. The number of ether oxygens (including phenoxy) is 1. The van der Waals surface area contributed by atoms with Gasteiger partial charge in [0.2, 0.25) is 5.91 Å². The number of benzene rings is 3. The van der Waals surface area contributed by atoms with Crippen LogP contribution in [0.5, 0.6) is 5.75 Å². The van der Waals surface area contributed by atoms with Gasteiger partial charge in [0.25, 0.3) is 0 Å². The molecule has 0 saturated carbocycles. The summed E-state index contributed by atoms with van der Waals surface area (Å²) in [5.74, 6) is 1.63. The SMILES string of the molecule is COc1ccc(C2=Nc3ccc(Br)cc3C(c3ccccc3)N2CCNC(C)=O)cc1. The molecule has 4 rings (SSSR count). The van der Waals surface area contributed by atoms with Crippen molar-refractivity contribution >= 4 is 33.4 Å². The van der Waals surface area contributed by atoms with Crippen molar-refractivity contribution < 1.29 is 9.53 Å². The van der Waals surface area contributed by atoms with E-state index in [-0.39, 0.29) is 11.9 Å². The molecule has 0 radical (unpaired) electrons. The van der Waals surface area contributed by atoms with Crippen molar-refractivity contribution in [3.05, 3.63) is 94.0 Å². The van der Waals surface area contributed by atoms with E-state index in [9.17, 15) is 4.79 Å². The second kappa shape index (κ2) is 9.35. The van der Waals surface area contributed by atoms with Gasteiger partial charge in [0.05, 0.1) is 18.8 Å². The molecule has 0 bridgehead atoms. The lowest BCUT2D eigenvalue weighted by Gasteiger charge is -2.39. The van der Waals surface area contributed by atoms with Crippen LogP contribution in [0.3, 0.4) is 0 Å². The van der Waals surface area contributed by atoms with Crippen LogP contribution < -0.4 is 10.1 Å². The average molecular weight is 478 g/mol. The van der Waals surface area contributed by atoms with Gasteiger partial charge < -0.3 is 15.0 Å². The third kappa shape index (κ3) is 4.64. The number of halogens is 1. The Kier molecular flexibility index (Phi) is 6.37. The summed E-state index contributed by atoms with van der Waals surface area (Å²) in [5.41, 5.74) is 4.24. The normalized spacial score (nSPS) is 15.1. The molecule has 0 aliphatic carbocycles. The van der Waals surface area contributed by atoms with Crippen LogP contribution in [0.1, 0.15) is 29.7 Å². The zero-order valence-electron chi connectivity index (χ0n) is 17.5. The predicted octanol–water partition coefficient (Wildman–Crippen LogP) is 5.08. The standard InChI is InChI=1S/C25H24BrN3O2/c1-17(30)27-14-15-29-24(18-6-4-3-5-7-18)22-16-20(26)10-13-23(22)28-25(29)19-8-11-21(31-2)12-9-19/h3-13,16,24H,14-15H2,1-2H3,(H,27,30). The van der Waals surface area contributed by atoms with Crippen molar-refractivity contribution in [2.75, 3.05) is 20.2 Å². The first-order chi connectivity index (χ1) is 15.1. The molecule has 0 aromatic heterocycles.